The van der Waals surface area contributed by atoms with E-state index in [1.54, 1.807) is 0 Å². The van der Waals surface area contributed by atoms with E-state index in [1.807, 2.05) is 0 Å². The van der Waals surface area contributed by atoms with Crippen LogP contribution in [-0.4, -0.2) is 83.5 Å². The van der Waals surface area contributed by atoms with Crippen molar-refractivity contribution in [2.24, 2.45) is 0 Å². The number of carboxylic acids is 8. The third kappa shape index (κ3) is 44.9. The van der Waals surface area contributed by atoms with Gasteiger partial charge in [-0.3, -0.25) is 0 Å². The zero-order chi connectivity index (χ0) is 20.6. The van der Waals surface area contributed by atoms with E-state index in [0.29, 0.717) is 0 Å². The minimum absolute atomic E-state index is 0. The summed E-state index contributed by atoms with van der Waals surface area (Å²) in [5, 5.41) is 60.7. The Kier molecular flexibility index (Phi) is 24.4. The predicted octanol–water partition coefficient (Wildman–Crippen LogP) is -7.71. The third-order valence-corrected chi connectivity index (χ3v) is 0.723. The van der Waals surface area contributed by atoms with Gasteiger partial charge in [-0.15, -0.1) is 0 Å². The van der Waals surface area contributed by atoms with Gasteiger partial charge in [0.2, 0.25) is 0 Å². The Morgan fingerprint density at radius 1 is 0.400 bits per heavy atom. The molecule has 0 aromatic rings. The van der Waals surface area contributed by atoms with Crippen LogP contribution in [0.5, 0.6) is 0 Å². The third-order valence-electron chi connectivity index (χ3n) is 0.723. The second kappa shape index (κ2) is 18.4. The van der Waals surface area contributed by atoms with E-state index in [0.717, 1.165) is 0 Å². The number of carbonyl (C=O) groups is 8. The number of hydrogen-bond donors (Lipinski definition) is 7. The average Bonchev–Trinajstić information content (AvgIpc) is 2.40. The zero-order valence-electron chi connectivity index (χ0n) is 11.8. The zero-order valence-corrected chi connectivity index (χ0v) is 11.8. The molecule has 136 valence electrons. The first-order valence-electron chi connectivity index (χ1n) is 4.40. The fraction of sp³-hybridized carbons (Fsp3) is 0. The summed E-state index contributed by atoms with van der Waals surface area (Å²) in [7, 11) is 0. The second-order valence-corrected chi connectivity index (χ2v) is 2.42. The molecule has 0 fully saturated rings. The Morgan fingerprint density at radius 3 is 0.480 bits per heavy atom. The molecule has 17 heteroatoms. The molecule has 0 atom stereocenters. The van der Waals surface area contributed by atoms with Crippen LogP contribution in [0.15, 0.2) is 0 Å². The molecule has 0 rings (SSSR count). The maximum absolute atomic E-state index is 9.10. The molecule has 0 aliphatic rings. The van der Waals surface area contributed by atoms with Crippen LogP contribution in [0.3, 0.4) is 0 Å². The van der Waals surface area contributed by atoms with Crippen LogP contribution in [0, 0.1) is 0 Å². The van der Waals surface area contributed by atoms with Crippen LogP contribution in [0.2, 0.25) is 0 Å². The molecule has 0 unspecified atom stereocenters. The van der Waals surface area contributed by atoms with Gasteiger partial charge in [-0.1, -0.05) is 0 Å². The van der Waals surface area contributed by atoms with Crippen molar-refractivity contribution in [1.29, 1.82) is 0 Å². The van der Waals surface area contributed by atoms with Gasteiger partial charge in [0, 0.05) is 0 Å². The molecular formula is C8H7LiO16. The van der Waals surface area contributed by atoms with Gasteiger partial charge in [-0.2, -0.15) is 0 Å². The normalized spacial score (nSPS) is 7.04. The molecule has 0 saturated carbocycles. The Balaban J connectivity index is -0.0000000702. The van der Waals surface area contributed by atoms with Crippen molar-refractivity contribution < 1.29 is 98.1 Å². The monoisotopic (exact) mass is 366 g/mol. The van der Waals surface area contributed by atoms with Crippen LogP contribution in [-0.2, 0) is 38.4 Å². The van der Waals surface area contributed by atoms with E-state index in [4.69, 9.17) is 79.2 Å². The summed E-state index contributed by atoms with van der Waals surface area (Å²) >= 11 is 0. The molecule has 0 radical (unpaired) electrons. The standard InChI is InChI=1S/4C2H2O4.Li/c4*3-1(4)2(5)6;/h4*(H,3,4)(H,5,6);/q;;;;+1/p-1. The summed E-state index contributed by atoms with van der Waals surface area (Å²) in [5.41, 5.74) is 0. The number of carboxylic acid groups (broad SMARTS) is 8. The summed E-state index contributed by atoms with van der Waals surface area (Å²) in [4.78, 5) is 72.6. The summed E-state index contributed by atoms with van der Waals surface area (Å²) in [5.74, 6) is -15.0. The van der Waals surface area contributed by atoms with Crippen molar-refractivity contribution in [3.63, 3.8) is 0 Å². The molecule has 0 saturated heterocycles. The summed E-state index contributed by atoms with van der Waals surface area (Å²) in [6, 6.07) is 0. The van der Waals surface area contributed by atoms with Gasteiger partial charge in [0.15, 0.2) is 5.97 Å². The van der Waals surface area contributed by atoms with Crippen LogP contribution >= 0.6 is 0 Å². The Bertz CT molecular complexity index is 388. The number of aliphatic carboxylic acids is 8. The first kappa shape index (κ1) is 33.1. The Labute approximate surface area is 146 Å². The van der Waals surface area contributed by atoms with E-state index < -0.39 is 47.8 Å². The van der Waals surface area contributed by atoms with Gasteiger partial charge >= 0.3 is 60.6 Å². The summed E-state index contributed by atoms with van der Waals surface area (Å²) < 4.78 is 0. The number of rotatable bonds is 0. The first-order chi connectivity index (χ1) is 10.6. The maximum Gasteiger partial charge on any atom is 1.00 e. The van der Waals surface area contributed by atoms with Crippen LogP contribution < -0.4 is 24.0 Å². The molecule has 0 amide bonds. The van der Waals surface area contributed by atoms with E-state index >= 15 is 0 Å². The molecule has 0 spiro atoms. The second-order valence-electron chi connectivity index (χ2n) is 2.42. The largest absolute Gasteiger partial charge is 1.00 e. The molecule has 0 heterocycles. The molecule has 7 N–H and O–H groups in total. The molecule has 0 bridgehead atoms. The number of carbonyl (C=O) groups excluding carboxylic acids is 1. The minimum atomic E-state index is -2.07. The van der Waals surface area contributed by atoms with Crippen molar-refractivity contribution in [2.45, 2.75) is 0 Å². The van der Waals surface area contributed by atoms with Crippen molar-refractivity contribution in [3.8, 4) is 0 Å². The average molecular weight is 366 g/mol. The van der Waals surface area contributed by atoms with Crippen molar-refractivity contribution in [2.75, 3.05) is 0 Å². The molecule has 0 aliphatic carbocycles. The first-order valence-corrected chi connectivity index (χ1v) is 4.40. The van der Waals surface area contributed by atoms with Gasteiger partial charge in [-0.25, -0.2) is 33.6 Å². The van der Waals surface area contributed by atoms with Gasteiger partial charge in [0.1, 0.15) is 0 Å². The Morgan fingerprint density at radius 2 is 0.480 bits per heavy atom. The fourth-order valence-corrected chi connectivity index (χ4v) is 0. The van der Waals surface area contributed by atoms with Gasteiger partial charge < -0.3 is 45.6 Å². The van der Waals surface area contributed by atoms with Crippen LogP contribution in [0.4, 0.5) is 0 Å². The molecule has 25 heavy (non-hydrogen) atoms. The number of hydrogen-bond acceptors (Lipinski definition) is 9. The van der Waals surface area contributed by atoms with Crippen LogP contribution in [0.1, 0.15) is 0 Å². The fourth-order valence-electron chi connectivity index (χ4n) is 0. The molecule has 0 aromatic carbocycles. The smallest absolute Gasteiger partial charge is 0.539 e. The molecule has 0 aliphatic heterocycles. The molecule has 0 aromatic heterocycles. The van der Waals surface area contributed by atoms with E-state index in [9.17, 15) is 0 Å². The predicted molar refractivity (Wildman–Crippen MR) is 58.5 cm³/mol. The van der Waals surface area contributed by atoms with Crippen molar-refractivity contribution in [1.82, 2.24) is 0 Å². The molecule has 16 nitrogen and oxygen atoms in total. The summed E-state index contributed by atoms with van der Waals surface area (Å²) in [6.07, 6.45) is 0. The van der Waals surface area contributed by atoms with E-state index in [2.05, 4.69) is 0 Å². The van der Waals surface area contributed by atoms with Crippen LogP contribution in [0.25, 0.3) is 0 Å². The Hall–Kier alpha value is -3.64. The molecular weight excluding hydrogens is 359 g/mol. The minimum Gasteiger partial charge on any atom is -0.539 e. The van der Waals surface area contributed by atoms with Crippen molar-refractivity contribution >= 4 is 47.8 Å². The topological polar surface area (TPSA) is 301 Å². The van der Waals surface area contributed by atoms with Gasteiger partial charge in [-0.05, 0) is 0 Å². The van der Waals surface area contributed by atoms with E-state index in [1.165, 1.54) is 0 Å². The SMILES string of the molecule is O=C(O)C(=O)O.O=C(O)C(=O)O.O=C(O)C(=O)O.O=C([O-])C(=O)O.[Li+]. The van der Waals surface area contributed by atoms with Gasteiger partial charge in [0.05, 0.1) is 0 Å². The van der Waals surface area contributed by atoms with E-state index in [-0.39, 0.29) is 18.9 Å². The van der Waals surface area contributed by atoms with Gasteiger partial charge in [0.25, 0.3) is 0 Å². The maximum atomic E-state index is 9.10. The van der Waals surface area contributed by atoms with Crippen molar-refractivity contribution in [3.05, 3.63) is 0 Å². The summed E-state index contributed by atoms with van der Waals surface area (Å²) in [6.45, 7) is 0. The quantitative estimate of drug-likeness (QED) is 0.154.